The van der Waals surface area contributed by atoms with E-state index in [2.05, 4.69) is 9.72 Å². The van der Waals surface area contributed by atoms with Gasteiger partial charge in [-0.1, -0.05) is 23.9 Å². The van der Waals surface area contributed by atoms with Gasteiger partial charge in [-0.2, -0.15) is 0 Å². The van der Waals surface area contributed by atoms with Crippen molar-refractivity contribution >= 4 is 34.5 Å². The number of ether oxygens (including phenoxy) is 1. The number of carbonyl (C=O) groups is 2. The van der Waals surface area contributed by atoms with E-state index < -0.39 is 11.2 Å². The van der Waals surface area contributed by atoms with Gasteiger partial charge in [-0.3, -0.25) is 19.0 Å². The van der Waals surface area contributed by atoms with Crippen molar-refractivity contribution in [2.24, 2.45) is 0 Å². The molecule has 0 aliphatic carbocycles. The van der Waals surface area contributed by atoms with E-state index >= 15 is 0 Å². The monoisotopic (exact) mass is 349 g/mol. The van der Waals surface area contributed by atoms with E-state index in [0.29, 0.717) is 16.1 Å². The number of fused-ring (bicyclic) bond motifs is 1. The van der Waals surface area contributed by atoms with Gasteiger partial charge in [0.05, 0.1) is 23.3 Å². The fraction of sp³-hybridized carbons (Fsp3) is 0.375. The minimum atomic E-state index is -0.553. The number of aromatic nitrogens is 2. The van der Waals surface area contributed by atoms with E-state index in [9.17, 15) is 14.4 Å². The Morgan fingerprint density at radius 1 is 1.33 bits per heavy atom. The van der Waals surface area contributed by atoms with Crippen LogP contribution in [0.1, 0.15) is 6.92 Å². The third kappa shape index (κ3) is 3.76. The van der Waals surface area contributed by atoms with Crippen molar-refractivity contribution in [2.75, 3.05) is 21.2 Å². The first-order valence-electron chi connectivity index (χ1n) is 7.29. The van der Waals surface area contributed by atoms with Gasteiger partial charge in [0.25, 0.3) is 5.56 Å². The minimum Gasteiger partial charge on any atom is -0.468 e. The normalized spacial score (nSPS) is 12.0. The fourth-order valence-electron chi connectivity index (χ4n) is 2.14. The molecule has 1 atom stereocenters. The highest BCUT2D eigenvalue weighted by atomic mass is 32.2. The smallest absolute Gasteiger partial charge is 0.325 e. The first-order chi connectivity index (χ1) is 11.3. The van der Waals surface area contributed by atoms with E-state index in [4.69, 9.17) is 0 Å². The third-order valence-electron chi connectivity index (χ3n) is 3.41. The summed E-state index contributed by atoms with van der Waals surface area (Å²) >= 11 is 1.14. The van der Waals surface area contributed by atoms with Crippen LogP contribution in [0.4, 0.5) is 0 Å². The standard InChI is InChI=1S/C16H19N3O4S/c1-10(14(21)18(2)3)24-16-17-12-8-6-5-7-11(12)15(22)19(16)9-13(20)23-4/h5-8,10H,9H2,1-4H3/t10-/m0/s1. The summed E-state index contributed by atoms with van der Waals surface area (Å²) in [6.45, 7) is 1.48. The molecule has 2 rings (SSSR count). The minimum absolute atomic E-state index is 0.105. The molecule has 0 bridgehead atoms. The molecule has 0 aliphatic rings. The van der Waals surface area contributed by atoms with Crippen LogP contribution in [0.3, 0.4) is 0 Å². The molecule has 0 fully saturated rings. The zero-order valence-corrected chi connectivity index (χ0v) is 14.8. The zero-order chi connectivity index (χ0) is 17.9. The topological polar surface area (TPSA) is 81.5 Å². The summed E-state index contributed by atoms with van der Waals surface area (Å²) in [4.78, 5) is 42.4. The number of hydrogen-bond acceptors (Lipinski definition) is 6. The molecule has 0 radical (unpaired) electrons. The second kappa shape index (κ2) is 7.48. The molecule has 1 aromatic carbocycles. The summed E-state index contributed by atoms with van der Waals surface area (Å²) in [6, 6.07) is 6.89. The van der Waals surface area contributed by atoms with Gasteiger partial charge in [0.15, 0.2) is 5.16 Å². The molecule has 1 heterocycles. The average molecular weight is 349 g/mol. The second-order valence-electron chi connectivity index (χ2n) is 5.37. The Balaban J connectivity index is 2.53. The second-order valence-corrected chi connectivity index (χ2v) is 6.68. The molecule has 0 saturated carbocycles. The predicted octanol–water partition coefficient (Wildman–Crippen LogP) is 1.14. The van der Waals surface area contributed by atoms with Gasteiger partial charge in [0, 0.05) is 14.1 Å². The Hall–Kier alpha value is -2.35. The molecule has 2 aromatic rings. The number of amides is 1. The molecular formula is C16H19N3O4S. The van der Waals surface area contributed by atoms with Crippen molar-refractivity contribution in [1.29, 1.82) is 0 Å². The fourth-order valence-corrected chi connectivity index (χ4v) is 3.20. The number of rotatable bonds is 5. The van der Waals surface area contributed by atoms with Gasteiger partial charge >= 0.3 is 5.97 Å². The summed E-state index contributed by atoms with van der Waals surface area (Å²) in [5.74, 6) is -0.658. The summed E-state index contributed by atoms with van der Waals surface area (Å²) in [5, 5.41) is 0.279. The summed E-state index contributed by atoms with van der Waals surface area (Å²) < 4.78 is 5.90. The van der Waals surface area contributed by atoms with Crippen molar-refractivity contribution in [1.82, 2.24) is 14.5 Å². The van der Waals surface area contributed by atoms with Crippen molar-refractivity contribution in [3.63, 3.8) is 0 Å². The van der Waals surface area contributed by atoms with Crippen LogP contribution in [0.15, 0.2) is 34.2 Å². The summed E-state index contributed by atoms with van der Waals surface area (Å²) in [7, 11) is 4.58. The van der Waals surface area contributed by atoms with Crippen LogP contribution in [-0.4, -0.2) is 52.8 Å². The Morgan fingerprint density at radius 3 is 2.62 bits per heavy atom. The first kappa shape index (κ1) is 18.0. The number of benzene rings is 1. The van der Waals surface area contributed by atoms with Crippen LogP contribution in [0.5, 0.6) is 0 Å². The maximum absolute atomic E-state index is 12.7. The molecule has 7 nitrogen and oxygen atoms in total. The zero-order valence-electron chi connectivity index (χ0n) is 14.0. The highest BCUT2D eigenvalue weighted by Crippen LogP contribution is 2.23. The number of hydrogen-bond donors (Lipinski definition) is 0. The molecule has 0 spiro atoms. The van der Waals surface area contributed by atoms with Crippen molar-refractivity contribution < 1.29 is 14.3 Å². The molecule has 0 N–H and O–H groups in total. The van der Waals surface area contributed by atoms with Crippen molar-refractivity contribution in [3.05, 3.63) is 34.6 Å². The Kier molecular flexibility index (Phi) is 5.61. The maximum atomic E-state index is 12.7. The lowest BCUT2D eigenvalue weighted by molar-refractivity contribution is -0.141. The van der Waals surface area contributed by atoms with Gasteiger partial charge < -0.3 is 9.64 Å². The van der Waals surface area contributed by atoms with Gasteiger partial charge in [0.1, 0.15) is 6.54 Å². The quantitative estimate of drug-likeness (QED) is 0.457. The first-order valence-corrected chi connectivity index (χ1v) is 8.17. The number of thioether (sulfide) groups is 1. The van der Waals surface area contributed by atoms with Gasteiger partial charge in [-0.15, -0.1) is 0 Å². The van der Waals surface area contributed by atoms with E-state index in [1.807, 2.05) is 0 Å². The molecule has 0 unspecified atom stereocenters. The third-order valence-corrected chi connectivity index (χ3v) is 4.49. The van der Waals surface area contributed by atoms with Crippen molar-refractivity contribution in [3.8, 4) is 0 Å². The van der Waals surface area contributed by atoms with Crippen LogP contribution in [0.2, 0.25) is 0 Å². The Labute approximate surface area is 143 Å². The lowest BCUT2D eigenvalue weighted by atomic mass is 10.2. The largest absolute Gasteiger partial charge is 0.468 e. The van der Waals surface area contributed by atoms with Crippen molar-refractivity contribution in [2.45, 2.75) is 23.9 Å². The number of methoxy groups -OCH3 is 1. The van der Waals surface area contributed by atoms with Crippen LogP contribution in [0, 0.1) is 0 Å². The Morgan fingerprint density at radius 2 is 2.00 bits per heavy atom. The van der Waals surface area contributed by atoms with E-state index in [1.165, 1.54) is 16.6 Å². The van der Waals surface area contributed by atoms with Gasteiger partial charge in [-0.05, 0) is 19.1 Å². The van der Waals surface area contributed by atoms with Crippen LogP contribution >= 0.6 is 11.8 Å². The molecule has 24 heavy (non-hydrogen) atoms. The highest BCUT2D eigenvalue weighted by molar-refractivity contribution is 8.00. The van der Waals surface area contributed by atoms with Crippen LogP contribution in [0.25, 0.3) is 10.9 Å². The van der Waals surface area contributed by atoms with E-state index in [0.717, 1.165) is 11.8 Å². The molecule has 1 amide bonds. The molecule has 0 saturated heterocycles. The lowest BCUT2D eigenvalue weighted by Crippen LogP contribution is -2.32. The average Bonchev–Trinajstić information content (AvgIpc) is 2.57. The van der Waals surface area contributed by atoms with Crippen LogP contribution < -0.4 is 5.56 Å². The molecule has 0 aliphatic heterocycles. The molecule has 1 aromatic heterocycles. The summed E-state index contributed by atoms with van der Waals surface area (Å²) in [6.07, 6.45) is 0. The predicted molar refractivity (Wildman–Crippen MR) is 92.0 cm³/mol. The Bertz CT molecular complexity index is 832. The SMILES string of the molecule is COC(=O)Cn1c(S[C@@H](C)C(=O)N(C)C)nc2ccccc2c1=O. The lowest BCUT2D eigenvalue weighted by Gasteiger charge is -2.18. The molecule has 8 heteroatoms. The maximum Gasteiger partial charge on any atom is 0.325 e. The number of nitrogens with zero attached hydrogens (tertiary/aromatic N) is 3. The molecular weight excluding hydrogens is 330 g/mol. The number of carbonyl (C=O) groups excluding carboxylic acids is 2. The van der Waals surface area contributed by atoms with Gasteiger partial charge in [-0.25, -0.2) is 4.98 Å². The number of para-hydroxylation sites is 1. The van der Waals surface area contributed by atoms with Crippen LogP contribution in [-0.2, 0) is 20.9 Å². The molecule has 128 valence electrons. The van der Waals surface area contributed by atoms with Gasteiger partial charge in [0.2, 0.25) is 5.91 Å². The summed E-state index contributed by atoms with van der Waals surface area (Å²) in [5.41, 5.74) is 0.189. The highest BCUT2D eigenvalue weighted by Gasteiger charge is 2.21. The number of esters is 1. The van der Waals surface area contributed by atoms with E-state index in [-0.39, 0.29) is 18.0 Å². The van der Waals surface area contributed by atoms with E-state index in [1.54, 1.807) is 45.3 Å².